The Hall–Kier alpha value is -4.51. The molecule has 6 rings (SSSR count). The molecule has 2 amide bonds. The Kier molecular flexibility index (Phi) is 7.05. The maximum atomic E-state index is 14.1. The van der Waals surface area contributed by atoms with Gasteiger partial charge in [0.1, 0.15) is 17.0 Å². The molecule has 4 aromatic rings. The van der Waals surface area contributed by atoms with Gasteiger partial charge in [0, 0.05) is 35.8 Å². The predicted molar refractivity (Wildman–Crippen MR) is 163 cm³/mol. The number of piperidine rings is 1. The van der Waals surface area contributed by atoms with Gasteiger partial charge in [-0.15, -0.1) is 11.3 Å². The standard InChI is InChI=1S/C32H31N5O4S/c1-2-24(38)37-15-7-9-19(17-37)36-31(40)29-26-25-22(13-14-23(33)28(25)42-29)32(35,30(39)27(26)34)18-8-6-12-21(16-18)41-20-10-4-3-5-11-20/h2-6,8,10-14,16,19,27H,1,7,9,15,17,33-35H2,(H,36,40). The molecule has 3 aromatic carbocycles. The lowest BCUT2D eigenvalue weighted by molar-refractivity contribution is -0.127. The molecule has 1 fully saturated rings. The smallest absolute Gasteiger partial charge is 0.262 e. The lowest BCUT2D eigenvalue weighted by Gasteiger charge is -2.37. The number of hydrogen-bond acceptors (Lipinski definition) is 8. The molecular weight excluding hydrogens is 550 g/mol. The summed E-state index contributed by atoms with van der Waals surface area (Å²) in [5.41, 5.74) is 20.4. The van der Waals surface area contributed by atoms with Crippen LogP contribution in [0.5, 0.6) is 11.5 Å². The Morgan fingerprint density at radius 2 is 1.86 bits per heavy atom. The first-order valence-corrected chi connectivity index (χ1v) is 14.5. The molecule has 9 nitrogen and oxygen atoms in total. The second-order valence-corrected chi connectivity index (χ2v) is 11.7. The van der Waals surface area contributed by atoms with Gasteiger partial charge in [-0.05, 0) is 60.4 Å². The molecule has 214 valence electrons. The highest BCUT2D eigenvalue weighted by atomic mass is 32.1. The highest BCUT2D eigenvalue weighted by Gasteiger charge is 2.49. The number of nitrogens with one attached hydrogen (secondary N) is 1. The number of likely N-dealkylation sites (tertiary alicyclic amines) is 1. The highest BCUT2D eigenvalue weighted by molar-refractivity contribution is 7.21. The van der Waals surface area contributed by atoms with Gasteiger partial charge in [-0.1, -0.05) is 43.0 Å². The second-order valence-electron chi connectivity index (χ2n) is 10.6. The number of nitrogens with two attached hydrogens (primary N) is 3. The molecule has 1 saturated heterocycles. The van der Waals surface area contributed by atoms with E-state index in [1.54, 1.807) is 41.3 Å². The number of amides is 2. The van der Waals surface area contributed by atoms with Crippen LogP contribution >= 0.6 is 11.3 Å². The fourth-order valence-corrected chi connectivity index (χ4v) is 7.15. The summed E-state index contributed by atoms with van der Waals surface area (Å²) in [4.78, 5) is 41.9. The van der Waals surface area contributed by atoms with Crippen LogP contribution in [0.25, 0.3) is 10.1 Å². The van der Waals surface area contributed by atoms with Gasteiger partial charge < -0.3 is 32.2 Å². The van der Waals surface area contributed by atoms with Crippen LogP contribution in [-0.2, 0) is 15.1 Å². The van der Waals surface area contributed by atoms with E-state index >= 15 is 0 Å². The van der Waals surface area contributed by atoms with Crippen LogP contribution in [0.15, 0.2) is 79.4 Å². The number of carbonyl (C=O) groups excluding carboxylic acids is 3. The number of hydrogen-bond donors (Lipinski definition) is 4. The SMILES string of the molecule is C=CC(=O)N1CCCC(NC(=O)c2sc3c(N)ccc4c3c2C(N)C(=O)C4(N)c2cccc(Oc3ccccc3)c2)C1. The molecule has 0 bridgehead atoms. The minimum absolute atomic E-state index is 0.173. The topological polar surface area (TPSA) is 154 Å². The summed E-state index contributed by atoms with van der Waals surface area (Å²) >= 11 is 1.20. The van der Waals surface area contributed by atoms with Crippen molar-refractivity contribution in [1.82, 2.24) is 10.2 Å². The maximum Gasteiger partial charge on any atom is 0.262 e. The maximum absolute atomic E-state index is 14.1. The minimum atomic E-state index is -1.60. The van der Waals surface area contributed by atoms with E-state index in [1.807, 2.05) is 30.3 Å². The van der Waals surface area contributed by atoms with Crippen molar-refractivity contribution in [1.29, 1.82) is 0 Å². The molecular formula is C32H31N5O4S. The zero-order valence-corrected chi connectivity index (χ0v) is 23.7. The van der Waals surface area contributed by atoms with Crippen molar-refractivity contribution < 1.29 is 19.1 Å². The summed E-state index contributed by atoms with van der Waals surface area (Å²) in [7, 11) is 0. The molecule has 2 aliphatic rings. The third-order valence-corrected chi connectivity index (χ3v) is 9.28. The van der Waals surface area contributed by atoms with Gasteiger partial charge in [-0.2, -0.15) is 0 Å². The lowest BCUT2D eigenvalue weighted by Crippen LogP contribution is -2.53. The van der Waals surface area contributed by atoms with Crippen molar-refractivity contribution in [2.45, 2.75) is 30.5 Å². The van der Waals surface area contributed by atoms with E-state index in [0.717, 1.165) is 12.8 Å². The van der Waals surface area contributed by atoms with Gasteiger partial charge in [-0.3, -0.25) is 14.4 Å². The van der Waals surface area contributed by atoms with Crippen molar-refractivity contribution in [2.24, 2.45) is 11.5 Å². The monoisotopic (exact) mass is 581 g/mol. The van der Waals surface area contributed by atoms with Crippen LogP contribution in [0.2, 0.25) is 0 Å². The predicted octanol–water partition coefficient (Wildman–Crippen LogP) is 3.97. The number of ketones is 1. The van der Waals surface area contributed by atoms with Gasteiger partial charge >= 0.3 is 0 Å². The summed E-state index contributed by atoms with van der Waals surface area (Å²) in [6, 6.07) is 18.4. The third kappa shape index (κ3) is 4.53. The summed E-state index contributed by atoms with van der Waals surface area (Å²) < 4.78 is 6.66. The first-order chi connectivity index (χ1) is 20.2. The van der Waals surface area contributed by atoms with Crippen LogP contribution in [-0.4, -0.2) is 41.6 Å². The molecule has 3 atom stereocenters. The van der Waals surface area contributed by atoms with Crippen molar-refractivity contribution in [2.75, 3.05) is 18.8 Å². The van der Waals surface area contributed by atoms with E-state index in [1.165, 1.54) is 17.4 Å². The Bertz CT molecular complexity index is 1740. The third-order valence-electron chi connectivity index (χ3n) is 8.03. The van der Waals surface area contributed by atoms with Gasteiger partial charge in [-0.25, -0.2) is 0 Å². The van der Waals surface area contributed by atoms with E-state index in [0.29, 0.717) is 61.9 Å². The van der Waals surface area contributed by atoms with Gasteiger partial charge in [0.15, 0.2) is 5.78 Å². The average molecular weight is 582 g/mol. The van der Waals surface area contributed by atoms with Crippen molar-refractivity contribution in [3.05, 3.63) is 101 Å². The molecule has 1 aliphatic carbocycles. The Morgan fingerprint density at radius 3 is 2.62 bits per heavy atom. The minimum Gasteiger partial charge on any atom is -0.457 e. The zero-order chi connectivity index (χ0) is 29.6. The van der Waals surface area contributed by atoms with Crippen LogP contribution in [0, 0.1) is 0 Å². The van der Waals surface area contributed by atoms with Crippen LogP contribution in [0.3, 0.4) is 0 Å². The van der Waals surface area contributed by atoms with Crippen LogP contribution < -0.4 is 27.3 Å². The Labute approximate surface area is 246 Å². The van der Waals surface area contributed by atoms with E-state index in [4.69, 9.17) is 21.9 Å². The first kappa shape index (κ1) is 27.6. The fraction of sp³-hybridized carbons (Fsp3) is 0.219. The largest absolute Gasteiger partial charge is 0.457 e. The normalized spacial score (nSPS) is 21.7. The summed E-state index contributed by atoms with van der Waals surface area (Å²) in [6.45, 7) is 4.55. The molecule has 42 heavy (non-hydrogen) atoms. The van der Waals surface area contributed by atoms with E-state index < -0.39 is 17.4 Å². The number of ether oxygens (including phenoxy) is 1. The second kappa shape index (κ2) is 10.7. The number of carbonyl (C=O) groups is 3. The summed E-state index contributed by atoms with van der Waals surface area (Å²) in [5, 5.41) is 3.68. The molecule has 1 aromatic heterocycles. The summed E-state index contributed by atoms with van der Waals surface area (Å²) in [5.74, 6) is 0.192. The average Bonchev–Trinajstić information content (AvgIpc) is 3.42. The van der Waals surface area contributed by atoms with E-state index in [-0.39, 0.29) is 17.9 Å². The number of Topliss-reactive ketones (excluding diaryl/α,β-unsaturated/α-hetero) is 1. The fourth-order valence-electron chi connectivity index (χ4n) is 5.95. The highest BCUT2D eigenvalue weighted by Crippen LogP contribution is 2.49. The molecule has 0 spiro atoms. The number of nitrogens with zero attached hydrogens (tertiary/aromatic N) is 1. The van der Waals surface area contributed by atoms with Gasteiger partial charge in [0.25, 0.3) is 5.91 Å². The molecule has 10 heteroatoms. The molecule has 3 unspecified atom stereocenters. The van der Waals surface area contributed by atoms with Gasteiger partial charge in [0.2, 0.25) is 5.91 Å². The zero-order valence-electron chi connectivity index (χ0n) is 22.8. The number of para-hydroxylation sites is 1. The van der Waals surface area contributed by atoms with E-state index in [9.17, 15) is 14.4 Å². The number of benzene rings is 3. The van der Waals surface area contributed by atoms with Crippen molar-refractivity contribution in [3.63, 3.8) is 0 Å². The van der Waals surface area contributed by atoms with Gasteiger partial charge in [0.05, 0.1) is 15.6 Å². The molecule has 7 N–H and O–H groups in total. The molecule has 2 heterocycles. The molecule has 1 aliphatic heterocycles. The number of nitrogen functional groups attached to an aromatic ring is 1. The lowest BCUT2D eigenvalue weighted by atomic mass is 9.70. The number of thiophene rings is 1. The summed E-state index contributed by atoms with van der Waals surface area (Å²) in [6.07, 6.45) is 2.75. The quantitative estimate of drug-likeness (QED) is 0.198. The molecule has 0 radical (unpaired) electrons. The Morgan fingerprint density at radius 1 is 1.10 bits per heavy atom. The van der Waals surface area contributed by atoms with Crippen LogP contribution in [0.1, 0.15) is 45.2 Å². The van der Waals surface area contributed by atoms with Crippen molar-refractivity contribution in [3.8, 4) is 11.5 Å². The number of rotatable bonds is 6. The van der Waals surface area contributed by atoms with E-state index in [2.05, 4.69) is 11.9 Å². The Balaban J connectivity index is 1.40. The molecule has 0 saturated carbocycles. The van der Waals surface area contributed by atoms with Crippen molar-refractivity contribution >= 4 is 44.7 Å². The van der Waals surface area contributed by atoms with Crippen LogP contribution in [0.4, 0.5) is 5.69 Å². The first-order valence-electron chi connectivity index (χ1n) is 13.7. The number of anilines is 1.